The summed E-state index contributed by atoms with van der Waals surface area (Å²) in [6, 6.07) is 10.5. The molecule has 0 amide bonds. The first-order chi connectivity index (χ1) is 8.11. The van der Waals surface area contributed by atoms with E-state index in [0.717, 1.165) is 6.42 Å². The van der Waals surface area contributed by atoms with Crippen molar-refractivity contribution in [1.29, 1.82) is 0 Å². The van der Waals surface area contributed by atoms with E-state index < -0.39 is 0 Å². The van der Waals surface area contributed by atoms with Gasteiger partial charge in [-0.25, -0.2) is 0 Å². The van der Waals surface area contributed by atoms with E-state index in [4.69, 9.17) is 0 Å². The molecule has 92 valence electrons. The summed E-state index contributed by atoms with van der Waals surface area (Å²) in [5.74, 6) is 1.38. The van der Waals surface area contributed by atoms with Crippen LogP contribution in [0.15, 0.2) is 36.4 Å². The molecule has 4 atom stereocenters. The summed E-state index contributed by atoms with van der Waals surface area (Å²) >= 11 is 0. The van der Waals surface area contributed by atoms with Crippen LogP contribution in [0.4, 0.5) is 0 Å². The number of hydrogen-bond donors (Lipinski definition) is 1. The molecule has 1 nitrogen and oxygen atoms in total. The second kappa shape index (κ2) is 5.05. The van der Waals surface area contributed by atoms with Gasteiger partial charge < -0.3 is 5.11 Å². The van der Waals surface area contributed by atoms with Crippen LogP contribution in [0.2, 0.25) is 0 Å². The smallest absolute Gasteiger partial charge is 0.0603 e. The molecule has 2 rings (SSSR count). The molecule has 0 spiro atoms. The molecule has 0 fully saturated rings. The molecule has 1 heteroatoms. The molecule has 1 N–H and O–H groups in total. The zero-order chi connectivity index (χ0) is 12.4. The average molecular weight is 230 g/mol. The summed E-state index contributed by atoms with van der Waals surface area (Å²) in [6.07, 6.45) is 2.80. The minimum Gasteiger partial charge on any atom is -0.393 e. The van der Waals surface area contributed by atoms with Crippen molar-refractivity contribution in [3.05, 3.63) is 42.0 Å². The largest absolute Gasteiger partial charge is 0.393 e. The molecule has 0 radical (unpaired) electrons. The van der Waals surface area contributed by atoms with Crippen molar-refractivity contribution < 1.29 is 5.11 Å². The highest BCUT2D eigenvalue weighted by Gasteiger charge is 2.29. The van der Waals surface area contributed by atoms with Gasteiger partial charge in [-0.1, -0.05) is 57.2 Å². The molecule has 1 aliphatic rings. The van der Waals surface area contributed by atoms with E-state index in [9.17, 15) is 5.11 Å². The number of benzene rings is 1. The maximum atomic E-state index is 10.1. The molecule has 0 saturated carbocycles. The van der Waals surface area contributed by atoms with Gasteiger partial charge >= 0.3 is 0 Å². The molecule has 17 heavy (non-hydrogen) atoms. The lowest BCUT2D eigenvalue weighted by Crippen LogP contribution is -2.25. The van der Waals surface area contributed by atoms with E-state index in [1.54, 1.807) is 0 Å². The third-order valence-corrected chi connectivity index (χ3v) is 4.40. The van der Waals surface area contributed by atoms with E-state index in [-0.39, 0.29) is 6.10 Å². The van der Waals surface area contributed by atoms with Crippen molar-refractivity contribution in [3.8, 4) is 0 Å². The lowest BCUT2D eigenvalue weighted by Gasteiger charge is -2.27. The van der Waals surface area contributed by atoms with Crippen LogP contribution < -0.4 is 0 Å². The Morgan fingerprint density at radius 2 is 1.65 bits per heavy atom. The highest BCUT2D eigenvalue weighted by atomic mass is 16.3. The fourth-order valence-electron chi connectivity index (χ4n) is 2.75. The van der Waals surface area contributed by atoms with Gasteiger partial charge in [-0.2, -0.15) is 0 Å². The zero-order valence-corrected chi connectivity index (χ0v) is 10.9. The molecule has 1 aliphatic carbocycles. The first-order valence-corrected chi connectivity index (χ1v) is 6.54. The van der Waals surface area contributed by atoms with Crippen LogP contribution in [0.3, 0.4) is 0 Å². The van der Waals surface area contributed by atoms with Crippen LogP contribution in [0.1, 0.15) is 32.8 Å². The summed E-state index contributed by atoms with van der Waals surface area (Å²) in [6.45, 7) is 6.69. The number of rotatable bonds is 1. The summed E-state index contributed by atoms with van der Waals surface area (Å²) in [5, 5.41) is 10.1. The quantitative estimate of drug-likeness (QED) is 0.779. The van der Waals surface area contributed by atoms with Crippen LogP contribution in [0.25, 0.3) is 5.57 Å². The fraction of sp³-hybridized carbons (Fsp3) is 0.500. The molecule has 0 unspecified atom stereocenters. The van der Waals surface area contributed by atoms with E-state index in [2.05, 4.69) is 51.1 Å². The molecule has 0 saturated heterocycles. The summed E-state index contributed by atoms with van der Waals surface area (Å²) < 4.78 is 0. The third-order valence-electron chi connectivity index (χ3n) is 4.40. The van der Waals surface area contributed by atoms with Crippen LogP contribution in [0, 0.1) is 17.8 Å². The average Bonchev–Trinajstić information content (AvgIpc) is 2.45. The number of allylic oxidation sites excluding steroid dienone is 1. The molecular weight excluding hydrogens is 208 g/mol. The first-order valence-electron chi connectivity index (χ1n) is 6.54. The Morgan fingerprint density at radius 3 is 2.29 bits per heavy atom. The highest BCUT2D eigenvalue weighted by Crippen LogP contribution is 2.37. The van der Waals surface area contributed by atoms with Gasteiger partial charge in [0.2, 0.25) is 0 Å². The van der Waals surface area contributed by atoms with E-state index in [1.165, 1.54) is 11.1 Å². The number of hydrogen-bond acceptors (Lipinski definition) is 1. The van der Waals surface area contributed by atoms with Crippen LogP contribution in [-0.4, -0.2) is 11.2 Å². The van der Waals surface area contributed by atoms with Gasteiger partial charge in [0.05, 0.1) is 6.10 Å². The predicted molar refractivity (Wildman–Crippen MR) is 72.5 cm³/mol. The highest BCUT2D eigenvalue weighted by molar-refractivity contribution is 5.67. The Labute approximate surface area is 104 Å². The maximum Gasteiger partial charge on any atom is 0.0603 e. The first kappa shape index (κ1) is 12.4. The van der Waals surface area contributed by atoms with E-state index >= 15 is 0 Å². The zero-order valence-electron chi connectivity index (χ0n) is 10.9. The minimum atomic E-state index is -0.200. The Bertz CT molecular complexity index is 393. The van der Waals surface area contributed by atoms with Crippen LogP contribution >= 0.6 is 0 Å². The van der Waals surface area contributed by atoms with Crippen LogP contribution in [0.5, 0.6) is 0 Å². The summed E-state index contributed by atoms with van der Waals surface area (Å²) in [7, 11) is 0. The van der Waals surface area contributed by atoms with Gasteiger partial charge in [-0.05, 0) is 35.3 Å². The van der Waals surface area contributed by atoms with Crippen molar-refractivity contribution in [2.45, 2.75) is 33.3 Å². The minimum absolute atomic E-state index is 0.200. The Kier molecular flexibility index (Phi) is 3.68. The van der Waals surface area contributed by atoms with Crippen molar-refractivity contribution in [2.24, 2.45) is 17.8 Å². The SMILES string of the molecule is C[C@@H]1[C@@H](C)[C@@H](O)CC=C(c2ccccc2)[C@H]1C. The van der Waals surface area contributed by atoms with Gasteiger partial charge in [0, 0.05) is 0 Å². The summed E-state index contributed by atoms with van der Waals surface area (Å²) in [5.41, 5.74) is 2.69. The van der Waals surface area contributed by atoms with Gasteiger partial charge in [0.15, 0.2) is 0 Å². The molecule has 0 aliphatic heterocycles. The van der Waals surface area contributed by atoms with Crippen molar-refractivity contribution in [3.63, 3.8) is 0 Å². The number of aliphatic hydroxyl groups is 1. The van der Waals surface area contributed by atoms with E-state index in [0.29, 0.717) is 17.8 Å². The van der Waals surface area contributed by atoms with Gasteiger partial charge in [-0.3, -0.25) is 0 Å². The van der Waals surface area contributed by atoms with Crippen molar-refractivity contribution in [1.82, 2.24) is 0 Å². The van der Waals surface area contributed by atoms with Crippen molar-refractivity contribution in [2.75, 3.05) is 0 Å². The lowest BCUT2D eigenvalue weighted by atomic mass is 9.79. The Morgan fingerprint density at radius 1 is 1.00 bits per heavy atom. The monoisotopic (exact) mass is 230 g/mol. The fourth-order valence-corrected chi connectivity index (χ4v) is 2.75. The molecule has 0 heterocycles. The molecule has 1 aromatic rings. The van der Waals surface area contributed by atoms with E-state index in [1.807, 2.05) is 6.07 Å². The maximum absolute atomic E-state index is 10.1. The molecular formula is C16H22O. The van der Waals surface area contributed by atoms with Gasteiger partial charge in [0.1, 0.15) is 0 Å². The standard InChI is InChI=1S/C16H22O/c1-11-12(2)15(9-10-16(17)13(11)3)14-7-5-4-6-8-14/h4-9,11-13,16-17H,10H2,1-3H3/t11-,12-,13+,16-/m0/s1. The molecule has 0 aromatic heterocycles. The number of aliphatic hydroxyl groups excluding tert-OH is 1. The Balaban J connectivity index is 2.34. The second-order valence-electron chi connectivity index (χ2n) is 5.34. The normalized spacial score (nSPS) is 34.0. The second-order valence-corrected chi connectivity index (χ2v) is 5.34. The molecule has 0 bridgehead atoms. The van der Waals surface area contributed by atoms with Crippen molar-refractivity contribution >= 4 is 5.57 Å². The summed E-state index contributed by atoms with van der Waals surface area (Å²) in [4.78, 5) is 0. The van der Waals surface area contributed by atoms with Gasteiger partial charge in [-0.15, -0.1) is 0 Å². The van der Waals surface area contributed by atoms with Gasteiger partial charge in [0.25, 0.3) is 0 Å². The molecule has 1 aromatic carbocycles. The topological polar surface area (TPSA) is 20.2 Å². The Hall–Kier alpha value is -1.08. The third kappa shape index (κ3) is 2.44. The van der Waals surface area contributed by atoms with Crippen LogP contribution in [-0.2, 0) is 0 Å². The predicted octanol–water partition coefficient (Wildman–Crippen LogP) is 3.74. The lowest BCUT2D eigenvalue weighted by molar-refractivity contribution is 0.0848.